The molecule has 2 nitrogen and oxygen atoms in total. The highest BCUT2D eigenvalue weighted by atomic mass is 16.1. The Morgan fingerprint density at radius 2 is 1.87 bits per heavy atom. The Hall–Kier alpha value is -1.44. The molecule has 0 unspecified atom stereocenters. The van der Waals surface area contributed by atoms with E-state index < -0.39 is 0 Å². The van der Waals surface area contributed by atoms with Gasteiger partial charge in [-0.2, -0.15) is 0 Å². The number of aromatic nitrogens is 1. The van der Waals surface area contributed by atoms with Crippen LogP contribution in [0.2, 0.25) is 0 Å². The van der Waals surface area contributed by atoms with Crippen LogP contribution in [0.25, 0.3) is 6.08 Å². The average molecular weight is 202 g/mol. The summed E-state index contributed by atoms with van der Waals surface area (Å²) in [4.78, 5) is 11.6. The first-order chi connectivity index (χ1) is 7.25. The van der Waals surface area contributed by atoms with E-state index in [1.54, 1.807) is 0 Å². The molecule has 0 saturated heterocycles. The third-order valence-corrected chi connectivity index (χ3v) is 2.80. The van der Waals surface area contributed by atoms with Crippen molar-refractivity contribution >= 4 is 11.9 Å². The monoisotopic (exact) mass is 202 g/mol. The molecule has 1 aliphatic carbocycles. The van der Waals surface area contributed by atoms with Crippen LogP contribution in [0.4, 0.5) is 0 Å². The van der Waals surface area contributed by atoms with E-state index in [0.29, 0.717) is 5.78 Å². The molecule has 1 heterocycles. The molecule has 0 N–H and O–H groups in total. The molecule has 0 aromatic carbocycles. The quantitative estimate of drug-likeness (QED) is 0.504. The fraction of sp³-hybridized carbons (Fsp3) is 0.385. The molecular formula is C13H16NO+. The number of pyridine rings is 1. The Kier molecular flexibility index (Phi) is 2.95. The highest BCUT2D eigenvalue weighted by Gasteiger charge is 2.14. The Labute approximate surface area is 90.2 Å². The Bertz CT molecular complexity index is 390. The molecule has 2 heteroatoms. The smallest absolute Gasteiger partial charge is 0.169 e. The number of carbonyl (C=O) groups excluding carboxylic acids is 1. The molecule has 0 spiro atoms. The van der Waals surface area contributed by atoms with Gasteiger partial charge in [-0.15, -0.1) is 0 Å². The molecule has 15 heavy (non-hydrogen) atoms. The summed E-state index contributed by atoms with van der Waals surface area (Å²) in [7, 11) is 1.99. The molecule has 1 aliphatic rings. The first kappa shape index (κ1) is 10.1. The molecular weight excluding hydrogens is 186 g/mol. The lowest BCUT2D eigenvalue weighted by Crippen LogP contribution is -2.25. The molecule has 1 fully saturated rings. The molecule has 1 aromatic heterocycles. The van der Waals surface area contributed by atoms with Crippen LogP contribution in [-0.2, 0) is 11.8 Å². The highest BCUT2D eigenvalue weighted by molar-refractivity contribution is 6.00. The summed E-state index contributed by atoms with van der Waals surface area (Å²) in [5.41, 5.74) is 2.12. The van der Waals surface area contributed by atoms with Crippen molar-refractivity contribution in [2.45, 2.75) is 25.7 Å². The van der Waals surface area contributed by atoms with E-state index in [2.05, 4.69) is 0 Å². The lowest BCUT2D eigenvalue weighted by atomic mass is 9.92. The van der Waals surface area contributed by atoms with E-state index in [1.165, 1.54) is 0 Å². The van der Waals surface area contributed by atoms with E-state index >= 15 is 0 Å². The van der Waals surface area contributed by atoms with Crippen LogP contribution in [0.1, 0.15) is 31.2 Å². The second-order valence-electron chi connectivity index (χ2n) is 4.10. The van der Waals surface area contributed by atoms with E-state index in [1.807, 2.05) is 42.2 Å². The summed E-state index contributed by atoms with van der Waals surface area (Å²) in [5.74, 6) is 0.328. The minimum atomic E-state index is 0.328. The summed E-state index contributed by atoms with van der Waals surface area (Å²) < 4.78 is 1.99. The molecule has 78 valence electrons. The van der Waals surface area contributed by atoms with Gasteiger partial charge in [-0.1, -0.05) is 0 Å². The van der Waals surface area contributed by atoms with Crippen LogP contribution in [0.3, 0.4) is 0 Å². The second kappa shape index (κ2) is 4.39. The molecule has 0 radical (unpaired) electrons. The number of aryl methyl sites for hydroxylation is 1. The van der Waals surface area contributed by atoms with Crippen molar-refractivity contribution in [3.05, 3.63) is 35.7 Å². The summed E-state index contributed by atoms with van der Waals surface area (Å²) in [6, 6.07) is 4.07. The lowest BCUT2D eigenvalue weighted by Gasteiger charge is -2.11. The van der Waals surface area contributed by atoms with Gasteiger partial charge >= 0.3 is 0 Å². The molecule has 0 bridgehead atoms. The van der Waals surface area contributed by atoms with Gasteiger partial charge in [0, 0.05) is 18.6 Å². The highest BCUT2D eigenvalue weighted by Crippen LogP contribution is 2.21. The van der Waals surface area contributed by atoms with Crippen molar-refractivity contribution in [1.82, 2.24) is 0 Å². The fourth-order valence-electron chi connectivity index (χ4n) is 1.86. The largest absolute Gasteiger partial charge is 0.295 e. The van der Waals surface area contributed by atoms with Crippen LogP contribution in [0.5, 0.6) is 0 Å². The van der Waals surface area contributed by atoms with Gasteiger partial charge in [0.15, 0.2) is 18.2 Å². The van der Waals surface area contributed by atoms with E-state index in [4.69, 9.17) is 0 Å². The van der Waals surface area contributed by atoms with Gasteiger partial charge < -0.3 is 0 Å². The number of rotatable bonds is 1. The van der Waals surface area contributed by atoms with Gasteiger partial charge in [-0.25, -0.2) is 4.57 Å². The standard InChI is InChI=1S/C13H16NO/c1-14-8-6-11(7-9-14)10-12-4-2-3-5-13(12)15/h6-10H,2-5H2,1H3/q+1/b12-10+. The molecule has 1 aromatic rings. The van der Waals surface area contributed by atoms with Gasteiger partial charge in [-0.3, -0.25) is 4.79 Å². The number of Topliss-reactive ketones (excluding diaryl/α,β-unsaturated/α-hetero) is 1. The van der Waals surface area contributed by atoms with Crippen LogP contribution in [0, 0.1) is 0 Å². The van der Waals surface area contributed by atoms with E-state index in [9.17, 15) is 4.79 Å². The van der Waals surface area contributed by atoms with Crippen molar-refractivity contribution in [2.24, 2.45) is 7.05 Å². The summed E-state index contributed by atoms with van der Waals surface area (Å²) in [5, 5.41) is 0. The topological polar surface area (TPSA) is 20.9 Å². The maximum absolute atomic E-state index is 11.6. The minimum absolute atomic E-state index is 0.328. The number of nitrogens with zero attached hydrogens (tertiary/aromatic N) is 1. The number of ketones is 1. The van der Waals surface area contributed by atoms with Crippen molar-refractivity contribution < 1.29 is 9.36 Å². The third kappa shape index (κ3) is 2.52. The first-order valence-corrected chi connectivity index (χ1v) is 5.45. The molecule has 1 saturated carbocycles. The number of carbonyl (C=O) groups is 1. The van der Waals surface area contributed by atoms with Crippen LogP contribution >= 0.6 is 0 Å². The number of hydrogen-bond donors (Lipinski definition) is 0. The molecule has 0 aliphatic heterocycles. The lowest BCUT2D eigenvalue weighted by molar-refractivity contribution is -0.671. The van der Waals surface area contributed by atoms with Crippen LogP contribution in [0.15, 0.2) is 30.1 Å². The number of allylic oxidation sites excluding steroid dienone is 1. The maximum atomic E-state index is 11.6. The molecule has 0 amide bonds. The Morgan fingerprint density at radius 3 is 2.53 bits per heavy atom. The van der Waals surface area contributed by atoms with E-state index in [-0.39, 0.29) is 0 Å². The van der Waals surface area contributed by atoms with Crippen molar-refractivity contribution in [3.8, 4) is 0 Å². The van der Waals surface area contributed by atoms with Crippen molar-refractivity contribution in [3.63, 3.8) is 0 Å². The first-order valence-electron chi connectivity index (χ1n) is 5.45. The maximum Gasteiger partial charge on any atom is 0.169 e. The zero-order valence-electron chi connectivity index (χ0n) is 9.07. The van der Waals surface area contributed by atoms with Crippen molar-refractivity contribution in [2.75, 3.05) is 0 Å². The van der Waals surface area contributed by atoms with Gasteiger partial charge in [0.05, 0.1) is 0 Å². The van der Waals surface area contributed by atoms with Crippen molar-refractivity contribution in [1.29, 1.82) is 0 Å². The average Bonchev–Trinajstić information content (AvgIpc) is 2.25. The predicted octanol–water partition coefficient (Wildman–Crippen LogP) is 2.04. The third-order valence-electron chi connectivity index (χ3n) is 2.80. The predicted molar refractivity (Wildman–Crippen MR) is 59.1 cm³/mol. The molecule has 0 atom stereocenters. The zero-order chi connectivity index (χ0) is 10.7. The summed E-state index contributed by atoms with van der Waals surface area (Å²) >= 11 is 0. The Balaban J connectivity index is 2.21. The van der Waals surface area contributed by atoms with Gasteiger partial charge in [0.25, 0.3) is 0 Å². The zero-order valence-corrected chi connectivity index (χ0v) is 9.07. The second-order valence-corrected chi connectivity index (χ2v) is 4.10. The number of hydrogen-bond acceptors (Lipinski definition) is 1. The molecule has 2 rings (SSSR count). The summed E-state index contributed by atoms with van der Waals surface area (Å²) in [6.07, 6.45) is 9.91. The normalized spacial score (nSPS) is 19.5. The van der Waals surface area contributed by atoms with Gasteiger partial charge in [0.2, 0.25) is 0 Å². The van der Waals surface area contributed by atoms with Crippen LogP contribution in [-0.4, -0.2) is 5.78 Å². The van der Waals surface area contributed by atoms with E-state index in [0.717, 1.165) is 36.8 Å². The van der Waals surface area contributed by atoms with Crippen LogP contribution < -0.4 is 4.57 Å². The minimum Gasteiger partial charge on any atom is -0.295 e. The van der Waals surface area contributed by atoms with Gasteiger partial charge in [0.1, 0.15) is 7.05 Å². The SMILES string of the molecule is C[n+]1ccc(/C=C2\CCCCC2=O)cc1. The van der Waals surface area contributed by atoms with Gasteiger partial charge in [-0.05, 0) is 36.5 Å². The fourth-order valence-corrected chi connectivity index (χ4v) is 1.86. The summed E-state index contributed by atoms with van der Waals surface area (Å²) in [6.45, 7) is 0. The Morgan fingerprint density at radius 1 is 1.20 bits per heavy atom.